The Morgan fingerprint density at radius 2 is 2.21 bits per heavy atom. The molecule has 4 nitrogen and oxygen atoms in total. The summed E-state index contributed by atoms with van der Waals surface area (Å²) < 4.78 is 0. The molecule has 76 valence electrons. The van der Waals surface area contributed by atoms with Gasteiger partial charge in [0.05, 0.1) is 0 Å². The molecule has 0 aromatic carbocycles. The fraction of sp³-hybridized carbons (Fsp3) is 0.600. The third kappa shape index (κ3) is 1.85. The van der Waals surface area contributed by atoms with Gasteiger partial charge in [-0.15, -0.1) is 0 Å². The number of hydrogen-bond acceptors (Lipinski definition) is 4. The maximum atomic E-state index is 4.35. The van der Waals surface area contributed by atoms with Crippen molar-refractivity contribution in [3.8, 4) is 0 Å². The first-order valence-electron chi connectivity index (χ1n) is 5.10. The van der Waals surface area contributed by atoms with Crippen molar-refractivity contribution in [1.82, 2.24) is 15.3 Å². The molecule has 0 spiro atoms. The average Bonchev–Trinajstić information content (AvgIpc) is 2.72. The Kier molecular flexibility index (Phi) is 2.93. The van der Waals surface area contributed by atoms with E-state index in [4.69, 9.17) is 0 Å². The van der Waals surface area contributed by atoms with Gasteiger partial charge in [-0.3, -0.25) is 0 Å². The van der Waals surface area contributed by atoms with Gasteiger partial charge >= 0.3 is 0 Å². The molecule has 0 aliphatic carbocycles. The smallest absolute Gasteiger partial charge is 0.136 e. The lowest BCUT2D eigenvalue weighted by Crippen LogP contribution is -2.22. The number of hydrogen-bond donors (Lipinski definition) is 1. The summed E-state index contributed by atoms with van der Waals surface area (Å²) in [6.45, 7) is 3.11. The molecular formula is C10H16N4. The zero-order chi connectivity index (χ0) is 9.80. The third-order valence-electron chi connectivity index (χ3n) is 2.54. The third-order valence-corrected chi connectivity index (χ3v) is 2.54. The monoisotopic (exact) mass is 192 g/mol. The molecule has 4 heteroatoms. The lowest BCUT2D eigenvalue weighted by atomic mass is 10.3. The van der Waals surface area contributed by atoms with Crippen LogP contribution in [-0.2, 0) is 6.54 Å². The van der Waals surface area contributed by atoms with Crippen LogP contribution in [0.2, 0.25) is 0 Å². The van der Waals surface area contributed by atoms with Gasteiger partial charge in [-0.2, -0.15) is 0 Å². The molecular weight excluding hydrogens is 176 g/mol. The maximum absolute atomic E-state index is 4.35. The second kappa shape index (κ2) is 4.37. The van der Waals surface area contributed by atoms with Crippen molar-refractivity contribution in [2.24, 2.45) is 0 Å². The van der Waals surface area contributed by atoms with Crippen molar-refractivity contribution in [1.29, 1.82) is 0 Å². The molecule has 1 aliphatic heterocycles. The summed E-state index contributed by atoms with van der Waals surface area (Å²) in [7, 11) is 1.95. The average molecular weight is 192 g/mol. The summed E-state index contributed by atoms with van der Waals surface area (Å²) in [5, 5.41) is 3.14. The number of anilines is 1. The van der Waals surface area contributed by atoms with Crippen molar-refractivity contribution < 1.29 is 0 Å². The minimum Gasteiger partial charge on any atom is -0.356 e. The van der Waals surface area contributed by atoms with Gasteiger partial charge in [0.1, 0.15) is 12.1 Å². The van der Waals surface area contributed by atoms with E-state index in [1.165, 1.54) is 18.4 Å². The lowest BCUT2D eigenvalue weighted by Gasteiger charge is -2.18. The molecule has 1 aliphatic rings. The highest BCUT2D eigenvalue weighted by Gasteiger charge is 2.16. The van der Waals surface area contributed by atoms with Gasteiger partial charge in [-0.05, 0) is 19.9 Å². The van der Waals surface area contributed by atoms with Gasteiger partial charge in [0.2, 0.25) is 0 Å². The van der Waals surface area contributed by atoms with Crippen LogP contribution in [0.4, 0.5) is 5.82 Å². The van der Waals surface area contributed by atoms with Gasteiger partial charge < -0.3 is 10.2 Å². The first kappa shape index (κ1) is 9.40. The Morgan fingerprint density at radius 1 is 1.43 bits per heavy atom. The van der Waals surface area contributed by atoms with Crippen LogP contribution in [0.25, 0.3) is 0 Å². The number of nitrogens with one attached hydrogen (secondary N) is 1. The van der Waals surface area contributed by atoms with Crippen LogP contribution in [0, 0.1) is 0 Å². The van der Waals surface area contributed by atoms with Crippen molar-refractivity contribution in [3.05, 3.63) is 18.1 Å². The summed E-state index contributed by atoms with van der Waals surface area (Å²) >= 11 is 0. The minimum atomic E-state index is 0.840. The van der Waals surface area contributed by atoms with Crippen LogP contribution < -0.4 is 10.2 Å². The molecule has 0 bridgehead atoms. The quantitative estimate of drug-likeness (QED) is 0.769. The first-order chi connectivity index (χ1) is 6.92. The minimum absolute atomic E-state index is 0.840. The van der Waals surface area contributed by atoms with E-state index < -0.39 is 0 Å². The summed E-state index contributed by atoms with van der Waals surface area (Å²) in [4.78, 5) is 10.8. The predicted molar refractivity (Wildman–Crippen MR) is 56.2 cm³/mol. The van der Waals surface area contributed by atoms with Gasteiger partial charge in [0, 0.05) is 31.4 Å². The van der Waals surface area contributed by atoms with Crippen molar-refractivity contribution in [2.45, 2.75) is 19.4 Å². The van der Waals surface area contributed by atoms with Gasteiger partial charge in [0.25, 0.3) is 0 Å². The van der Waals surface area contributed by atoms with Crippen molar-refractivity contribution >= 4 is 5.82 Å². The Hall–Kier alpha value is -1.16. The molecule has 2 rings (SSSR count). The summed E-state index contributed by atoms with van der Waals surface area (Å²) in [6.07, 6.45) is 6.09. The normalized spacial score (nSPS) is 16.2. The molecule has 1 N–H and O–H groups in total. The Labute approximate surface area is 84.4 Å². The number of aromatic nitrogens is 2. The molecule has 1 fully saturated rings. The van der Waals surface area contributed by atoms with Gasteiger partial charge in [-0.1, -0.05) is 0 Å². The molecule has 0 saturated carbocycles. The van der Waals surface area contributed by atoms with E-state index in [-0.39, 0.29) is 0 Å². The van der Waals surface area contributed by atoms with Crippen LogP contribution in [0.1, 0.15) is 18.4 Å². The fourth-order valence-electron chi connectivity index (χ4n) is 1.88. The van der Waals surface area contributed by atoms with E-state index >= 15 is 0 Å². The van der Waals surface area contributed by atoms with E-state index in [0.29, 0.717) is 0 Å². The molecule has 1 aromatic rings. The van der Waals surface area contributed by atoms with E-state index in [2.05, 4.69) is 20.2 Å². The Bertz CT molecular complexity index is 294. The SMILES string of the molecule is CNCc1cncnc1N1CCCC1. The van der Waals surface area contributed by atoms with E-state index in [9.17, 15) is 0 Å². The van der Waals surface area contributed by atoms with Gasteiger partial charge in [0.15, 0.2) is 0 Å². The topological polar surface area (TPSA) is 41.1 Å². The van der Waals surface area contributed by atoms with Crippen molar-refractivity contribution in [3.63, 3.8) is 0 Å². The molecule has 1 saturated heterocycles. The largest absolute Gasteiger partial charge is 0.356 e. The van der Waals surface area contributed by atoms with E-state index in [0.717, 1.165) is 25.5 Å². The fourth-order valence-corrected chi connectivity index (χ4v) is 1.88. The highest BCUT2D eigenvalue weighted by atomic mass is 15.2. The molecule has 0 atom stereocenters. The molecule has 1 aromatic heterocycles. The van der Waals surface area contributed by atoms with E-state index in [1.54, 1.807) is 6.33 Å². The lowest BCUT2D eigenvalue weighted by molar-refractivity contribution is 0.792. The van der Waals surface area contributed by atoms with E-state index in [1.807, 2.05) is 13.2 Å². The molecule has 0 amide bonds. The zero-order valence-electron chi connectivity index (χ0n) is 8.53. The van der Waals surface area contributed by atoms with Crippen LogP contribution >= 0.6 is 0 Å². The van der Waals surface area contributed by atoms with Crippen molar-refractivity contribution in [2.75, 3.05) is 25.0 Å². The molecule has 0 radical (unpaired) electrons. The Balaban J connectivity index is 2.21. The number of nitrogens with zero attached hydrogens (tertiary/aromatic N) is 3. The second-order valence-electron chi connectivity index (χ2n) is 3.60. The summed E-state index contributed by atoms with van der Waals surface area (Å²) in [6, 6.07) is 0. The maximum Gasteiger partial charge on any atom is 0.136 e. The molecule has 2 heterocycles. The zero-order valence-corrected chi connectivity index (χ0v) is 8.53. The predicted octanol–water partition coefficient (Wildman–Crippen LogP) is 0.796. The standard InChI is InChI=1S/C10H16N4/c1-11-6-9-7-12-8-13-10(9)14-4-2-3-5-14/h7-8,11H,2-6H2,1H3. The number of rotatable bonds is 3. The highest BCUT2D eigenvalue weighted by molar-refractivity contribution is 5.46. The highest BCUT2D eigenvalue weighted by Crippen LogP contribution is 2.20. The first-order valence-corrected chi connectivity index (χ1v) is 5.10. The van der Waals surface area contributed by atoms with Crippen LogP contribution in [0.5, 0.6) is 0 Å². The Morgan fingerprint density at radius 3 is 2.93 bits per heavy atom. The molecule has 14 heavy (non-hydrogen) atoms. The van der Waals surface area contributed by atoms with Crippen LogP contribution in [0.3, 0.4) is 0 Å². The summed E-state index contributed by atoms with van der Waals surface area (Å²) in [5.41, 5.74) is 1.19. The molecule has 0 unspecified atom stereocenters. The van der Waals surface area contributed by atoms with Crippen LogP contribution in [-0.4, -0.2) is 30.1 Å². The van der Waals surface area contributed by atoms with Gasteiger partial charge in [-0.25, -0.2) is 9.97 Å². The van der Waals surface area contributed by atoms with Crippen LogP contribution in [0.15, 0.2) is 12.5 Å². The summed E-state index contributed by atoms with van der Waals surface area (Å²) in [5.74, 6) is 1.10. The second-order valence-corrected chi connectivity index (χ2v) is 3.60.